The van der Waals surface area contributed by atoms with Gasteiger partial charge in [-0.2, -0.15) is 0 Å². The third-order valence-electron chi connectivity index (χ3n) is 4.08. The van der Waals surface area contributed by atoms with Gasteiger partial charge in [0.05, 0.1) is 25.3 Å². The van der Waals surface area contributed by atoms with Gasteiger partial charge in [0, 0.05) is 19.0 Å². The first-order chi connectivity index (χ1) is 13.6. The van der Waals surface area contributed by atoms with E-state index in [4.69, 9.17) is 14.2 Å². The van der Waals surface area contributed by atoms with Crippen molar-refractivity contribution in [2.24, 2.45) is 0 Å². The Hall–Kier alpha value is -3.55. The van der Waals surface area contributed by atoms with Crippen LogP contribution >= 0.6 is 0 Å². The molecule has 0 aliphatic rings. The standard InChI is InChI=1S/C20H21N3O5/c1-26-13-7-8-14(20(25)27-2)17(11-13)28-12-19(24)21-10-9-18-22-15-5-3-4-6-16(15)23-18/h3-8,11H,9-10,12H2,1-2H3,(H,21,24)(H,22,23). The average molecular weight is 383 g/mol. The molecule has 0 atom stereocenters. The van der Waals surface area contributed by atoms with E-state index in [2.05, 4.69) is 15.3 Å². The normalized spacial score (nSPS) is 10.5. The summed E-state index contributed by atoms with van der Waals surface area (Å²) < 4.78 is 15.3. The maximum Gasteiger partial charge on any atom is 0.341 e. The second kappa shape index (κ2) is 8.90. The quantitative estimate of drug-likeness (QED) is 0.578. The summed E-state index contributed by atoms with van der Waals surface area (Å²) in [5, 5.41) is 2.77. The molecule has 1 amide bonds. The van der Waals surface area contributed by atoms with E-state index in [0.717, 1.165) is 16.9 Å². The molecule has 0 aliphatic carbocycles. The summed E-state index contributed by atoms with van der Waals surface area (Å²) in [4.78, 5) is 31.6. The Balaban J connectivity index is 1.53. The van der Waals surface area contributed by atoms with Gasteiger partial charge in [-0.1, -0.05) is 12.1 Å². The number of imidazole rings is 1. The number of carbonyl (C=O) groups excluding carboxylic acids is 2. The minimum atomic E-state index is -0.553. The molecule has 28 heavy (non-hydrogen) atoms. The molecule has 1 aromatic heterocycles. The summed E-state index contributed by atoms with van der Waals surface area (Å²) in [5.74, 6) is 0.660. The van der Waals surface area contributed by atoms with E-state index >= 15 is 0 Å². The maximum atomic E-state index is 12.1. The summed E-state index contributed by atoms with van der Waals surface area (Å²) >= 11 is 0. The summed E-state index contributed by atoms with van der Waals surface area (Å²) in [7, 11) is 2.78. The van der Waals surface area contributed by atoms with Crippen LogP contribution in [0, 0.1) is 0 Å². The predicted molar refractivity (Wildman–Crippen MR) is 103 cm³/mol. The van der Waals surface area contributed by atoms with Crippen LogP contribution in [0.4, 0.5) is 0 Å². The molecule has 0 aliphatic heterocycles. The number of aromatic amines is 1. The van der Waals surface area contributed by atoms with Crippen LogP contribution in [0.5, 0.6) is 11.5 Å². The number of H-pyrrole nitrogens is 1. The third-order valence-corrected chi connectivity index (χ3v) is 4.08. The number of fused-ring (bicyclic) bond motifs is 1. The predicted octanol–water partition coefficient (Wildman–Crippen LogP) is 2.10. The monoisotopic (exact) mass is 383 g/mol. The fraction of sp³-hybridized carbons (Fsp3) is 0.250. The average Bonchev–Trinajstić information content (AvgIpc) is 3.14. The van der Waals surface area contributed by atoms with E-state index in [9.17, 15) is 9.59 Å². The molecule has 0 saturated heterocycles. The highest BCUT2D eigenvalue weighted by molar-refractivity contribution is 5.93. The summed E-state index contributed by atoms with van der Waals surface area (Å²) in [5.41, 5.74) is 2.07. The molecule has 2 N–H and O–H groups in total. The molecule has 0 saturated carbocycles. The molecular weight excluding hydrogens is 362 g/mol. The number of hydrogen-bond donors (Lipinski definition) is 2. The number of ether oxygens (including phenoxy) is 3. The lowest BCUT2D eigenvalue weighted by molar-refractivity contribution is -0.123. The van der Waals surface area contributed by atoms with E-state index in [1.165, 1.54) is 26.4 Å². The molecule has 0 bridgehead atoms. The maximum absolute atomic E-state index is 12.1. The zero-order valence-electron chi connectivity index (χ0n) is 15.7. The number of nitrogens with zero attached hydrogens (tertiary/aromatic N) is 1. The highest BCUT2D eigenvalue weighted by Crippen LogP contribution is 2.25. The van der Waals surface area contributed by atoms with Crippen molar-refractivity contribution < 1.29 is 23.8 Å². The van der Waals surface area contributed by atoms with E-state index in [1.807, 2.05) is 24.3 Å². The molecule has 3 rings (SSSR count). The minimum Gasteiger partial charge on any atom is -0.497 e. The first kappa shape index (κ1) is 19.2. The number of nitrogens with one attached hydrogen (secondary N) is 2. The fourth-order valence-electron chi connectivity index (χ4n) is 2.67. The number of para-hydroxylation sites is 2. The number of rotatable bonds is 8. The van der Waals surface area contributed by atoms with Gasteiger partial charge >= 0.3 is 5.97 Å². The topological polar surface area (TPSA) is 103 Å². The Morgan fingerprint density at radius 2 is 1.96 bits per heavy atom. The van der Waals surface area contributed by atoms with Crippen molar-refractivity contribution in [3.63, 3.8) is 0 Å². The van der Waals surface area contributed by atoms with Crippen molar-refractivity contribution in [3.05, 3.63) is 53.9 Å². The van der Waals surface area contributed by atoms with E-state index in [1.54, 1.807) is 6.07 Å². The second-order valence-electron chi connectivity index (χ2n) is 5.94. The highest BCUT2D eigenvalue weighted by atomic mass is 16.5. The van der Waals surface area contributed by atoms with E-state index in [0.29, 0.717) is 18.7 Å². The molecule has 1 heterocycles. The van der Waals surface area contributed by atoms with Crippen LogP contribution in [-0.4, -0.2) is 49.2 Å². The number of methoxy groups -OCH3 is 2. The van der Waals surface area contributed by atoms with Crippen molar-refractivity contribution in [2.75, 3.05) is 27.4 Å². The summed E-state index contributed by atoms with van der Waals surface area (Å²) in [6.45, 7) is 0.168. The van der Waals surface area contributed by atoms with Gasteiger partial charge in [-0.3, -0.25) is 4.79 Å². The minimum absolute atomic E-state index is 0.221. The lowest BCUT2D eigenvalue weighted by Crippen LogP contribution is -2.31. The second-order valence-corrected chi connectivity index (χ2v) is 5.94. The Morgan fingerprint density at radius 1 is 1.14 bits per heavy atom. The Bertz CT molecular complexity index is 950. The number of aromatic nitrogens is 2. The third kappa shape index (κ3) is 4.59. The Kier molecular flexibility index (Phi) is 6.11. The fourth-order valence-corrected chi connectivity index (χ4v) is 2.67. The van der Waals surface area contributed by atoms with Gasteiger partial charge in [0.2, 0.25) is 0 Å². The van der Waals surface area contributed by atoms with E-state index < -0.39 is 5.97 Å². The van der Waals surface area contributed by atoms with Crippen LogP contribution in [0.25, 0.3) is 11.0 Å². The van der Waals surface area contributed by atoms with Gasteiger partial charge in [-0.05, 0) is 24.3 Å². The largest absolute Gasteiger partial charge is 0.497 e. The molecular formula is C20H21N3O5. The van der Waals surface area contributed by atoms with Crippen LogP contribution in [0.1, 0.15) is 16.2 Å². The van der Waals surface area contributed by atoms with Gasteiger partial charge in [-0.25, -0.2) is 9.78 Å². The molecule has 8 nitrogen and oxygen atoms in total. The number of benzene rings is 2. The number of carbonyl (C=O) groups is 2. The molecule has 2 aromatic carbocycles. The van der Waals surface area contributed by atoms with Crippen LogP contribution in [0.3, 0.4) is 0 Å². The number of hydrogen-bond acceptors (Lipinski definition) is 6. The van der Waals surface area contributed by atoms with Gasteiger partial charge in [0.25, 0.3) is 5.91 Å². The summed E-state index contributed by atoms with van der Waals surface area (Å²) in [6, 6.07) is 12.4. The van der Waals surface area contributed by atoms with E-state index in [-0.39, 0.29) is 23.8 Å². The van der Waals surface area contributed by atoms with Crippen molar-refractivity contribution in [1.29, 1.82) is 0 Å². The zero-order chi connectivity index (χ0) is 19.9. The molecule has 0 spiro atoms. The molecule has 3 aromatic rings. The van der Waals surface area contributed by atoms with Crippen molar-refractivity contribution in [2.45, 2.75) is 6.42 Å². The van der Waals surface area contributed by atoms with Crippen LogP contribution in [0.2, 0.25) is 0 Å². The molecule has 0 fully saturated rings. The smallest absolute Gasteiger partial charge is 0.341 e. The first-order valence-electron chi connectivity index (χ1n) is 8.70. The van der Waals surface area contributed by atoms with Crippen LogP contribution in [-0.2, 0) is 16.0 Å². The molecule has 8 heteroatoms. The number of esters is 1. The number of amides is 1. The molecule has 146 valence electrons. The SMILES string of the molecule is COC(=O)c1ccc(OC)cc1OCC(=O)NCCc1nc2ccccc2[nH]1. The molecule has 0 radical (unpaired) electrons. The Labute approximate surface area is 161 Å². The lowest BCUT2D eigenvalue weighted by Gasteiger charge is -2.12. The zero-order valence-corrected chi connectivity index (χ0v) is 15.7. The van der Waals surface area contributed by atoms with Crippen molar-refractivity contribution in [3.8, 4) is 11.5 Å². The highest BCUT2D eigenvalue weighted by Gasteiger charge is 2.15. The Morgan fingerprint density at radius 3 is 2.71 bits per heavy atom. The van der Waals surface area contributed by atoms with Gasteiger partial charge in [0.1, 0.15) is 22.9 Å². The lowest BCUT2D eigenvalue weighted by atomic mass is 10.2. The van der Waals surface area contributed by atoms with Gasteiger partial charge < -0.3 is 24.5 Å². The van der Waals surface area contributed by atoms with Crippen LogP contribution < -0.4 is 14.8 Å². The summed E-state index contributed by atoms with van der Waals surface area (Å²) in [6.07, 6.45) is 0.562. The van der Waals surface area contributed by atoms with Crippen molar-refractivity contribution >= 4 is 22.9 Å². The molecule has 0 unspecified atom stereocenters. The first-order valence-corrected chi connectivity index (χ1v) is 8.70. The van der Waals surface area contributed by atoms with Gasteiger partial charge in [-0.15, -0.1) is 0 Å². The van der Waals surface area contributed by atoms with Crippen molar-refractivity contribution in [1.82, 2.24) is 15.3 Å². The van der Waals surface area contributed by atoms with Gasteiger partial charge in [0.15, 0.2) is 6.61 Å². The van der Waals surface area contributed by atoms with Crippen LogP contribution in [0.15, 0.2) is 42.5 Å².